The third kappa shape index (κ3) is 3.80. The summed E-state index contributed by atoms with van der Waals surface area (Å²) >= 11 is 0. The molecule has 0 aliphatic carbocycles. The molecule has 0 aliphatic heterocycles. The quantitative estimate of drug-likeness (QED) is 0.756. The maximum absolute atomic E-state index is 12.7. The summed E-state index contributed by atoms with van der Waals surface area (Å²) in [7, 11) is 1.65. The molecule has 2 aromatic rings. The van der Waals surface area contributed by atoms with Crippen LogP contribution in [-0.4, -0.2) is 19.6 Å². The third-order valence-corrected chi connectivity index (χ3v) is 3.14. The van der Waals surface area contributed by atoms with Crippen LogP contribution in [0.5, 0.6) is 0 Å². The number of carbonyl (C=O) groups is 1. The van der Waals surface area contributed by atoms with Crippen LogP contribution in [0.25, 0.3) is 0 Å². The van der Waals surface area contributed by atoms with E-state index < -0.39 is 0 Å². The molecule has 1 amide bonds. The summed E-state index contributed by atoms with van der Waals surface area (Å²) < 4.78 is 5.07. The predicted molar refractivity (Wildman–Crippen MR) is 85.5 cm³/mol. The largest absolute Gasteiger partial charge is 0.380 e. The molecule has 0 fully saturated rings. The molecule has 0 aliphatic rings. The zero-order valence-electron chi connectivity index (χ0n) is 12.2. The first-order valence-electron chi connectivity index (χ1n) is 6.82. The Labute approximate surface area is 125 Å². The van der Waals surface area contributed by atoms with Crippen molar-refractivity contribution in [3.8, 4) is 0 Å². The van der Waals surface area contributed by atoms with Gasteiger partial charge in [0.2, 0.25) is 0 Å². The van der Waals surface area contributed by atoms with Gasteiger partial charge in [-0.15, -0.1) is 6.58 Å². The van der Waals surface area contributed by atoms with Crippen molar-refractivity contribution in [3.05, 3.63) is 78.4 Å². The molecule has 0 aromatic heterocycles. The molecule has 21 heavy (non-hydrogen) atoms. The van der Waals surface area contributed by atoms with Crippen LogP contribution >= 0.6 is 0 Å². The van der Waals surface area contributed by atoms with Gasteiger partial charge in [0, 0.05) is 24.9 Å². The number of ether oxygens (including phenoxy) is 1. The summed E-state index contributed by atoms with van der Waals surface area (Å²) in [5, 5.41) is 0. The molecule has 0 bridgehead atoms. The van der Waals surface area contributed by atoms with Gasteiger partial charge >= 0.3 is 0 Å². The first-order chi connectivity index (χ1) is 10.3. The van der Waals surface area contributed by atoms with Crippen molar-refractivity contribution in [2.75, 3.05) is 18.6 Å². The second-order valence-corrected chi connectivity index (χ2v) is 4.67. The van der Waals surface area contributed by atoms with Gasteiger partial charge in [0.25, 0.3) is 5.91 Å². The molecule has 2 aromatic carbocycles. The fraction of sp³-hybridized carbons (Fsp3) is 0.167. The van der Waals surface area contributed by atoms with Gasteiger partial charge < -0.3 is 9.64 Å². The lowest BCUT2D eigenvalue weighted by Crippen LogP contribution is -2.30. The van der Waals surface area contributed by atoms with E-state index in [0.29, 0.717) is 18.7 Å². The van der Waals surface area contributed by atoms with Gasteiger partial charge in [-0.1, -0.05) is 36.4 Å². The highest BCUT2D eigenvalue weighted by molar-refractivity contribution is 6.06. The SMILES string of the molecule is C=CCN(C(=O)c1ccc(COC)cc1)c1ccccc1. The normalized spacial score (nSPS) is 10.1. The van der Waals surface area contributed by atoms with E-state index in [-0.39, 0.29) is 5.91 Å². The molecule has 3 heteroatoms. The molecule has 0 spiro atoms. The Morgan fingerprint density at radius 2 is 1.81 bits per heavy atom. The number of amides is 1. The van der Waals surface area contributed by atoms with E-state index in [1.165, 1.54) is 0 Å². The number of para-hydroxylation sites is 1. The van der Waals surface area contributed by atoms with Crippen molar-refractivity contribution in [1.82, 2.24) is 0 Å². The van der Waals surface area contributed by atoms with Crippen LogP contribution in [0, 0.1) is 0 Å². The van der Waals surface area contributed by atoms with E-state index in [0.717, 1.165) is 11.3 Å². The topological polar surface area (TPSA) is 29.5 Å². The highest BCUT2D eigenvalue weighted by Crippen LogP contribution is 2.17. The number of benzene rings is 2. The third-order valence-electron chi connectivity index (χ3n) is 3.14. The van der Waals surface area contributed by atoms with E-state index in [1.807, 2.05) is 54.6 Å². The molecule has 2 rings (SSSR count). The summed E-state index contributed by atoms with van der Waals surface area (Å²) in [6.45, 7) is 4.75. The number of anilines is 1. The Morgan fingerprint density at radius 3 is 2.38 bits per heavy atom. The summed E-state index contributed by atoms with van der Waals surface area (Å²) in [6.07, 6.45) is 1.73. The van der Waals surface area contributed by atoms with Crippen molar-refractivity contribution in [2.45, 2.75) is 6.61 Å². The van der Waals surface area contributed by atoms with Crippen LogP contribution in [0.15, 0.2) is 67.3 Å². The maximum Gasteiger partial charge on any atom is 0.258 e. The average molecular weight is 281 g/mol. The first-order valence-corrected chi connectivity index (χ1v) is 6.82. The summed E-state index contributed by atoms with van der Waals surface area (Å²) in [4.78, 5) is 14.4. The van der Waals surface area contributed by atoms with Gasteiger partial charge in [0.05, 0.1) is 6.61 Å². The minimum Gasteiger partial charge on any atom is -0.380 e. The van der Waals surface area contributed by atoms with Crippen LogP contribution in [0.4, 0.5) is 5.69 Å². The van der Waals surface area contributed by atoms with Gasteiger partial charge in [0.15, 0.2) is 0 Å². The van der Waals surface area contributed by atoms with Crippen molar-refractivity contribution in [2.24, 2.45) is 0 Å². The number of nitrogens with zero attached hydrogens (tertiary/aromatic N) is 1. The highest BCUT2D eigenvalue weighted by Gasteiger charge is 2.16. The fourth-order valence-electron chi connectivity index (χ4n) is 2.11. The number of rotatable bonds is 6. The molecule has 108 valence electrons. The van der Waals surface area contributed by atoms with E-state index in [4.69, 9.17) is 4.74 Å². The average Bonchev–Trinajstić information content (AvgIpc) is 2.54. The van der Waals surface area contributed by atoms with Crippen molar-refractivity contribution in [1.29, 1.82) is 0 Å². The van der Waals surface area contributed by atoms with Gasteiger partial charge in [-0.2, -0.15) is 0 Å². The van der Waals surface area contributed by atoms with E-state index in [1.54, 1.807) is 18.1 Å². The number of carbonyl (C=O) groups excluding carboxylic acids is 1. The first kappa shape index (κ1) is 15.0. The standard InChI is InChI=1S/C18H19NO2/c1-3-13-19(17-7-5-4-6-8-17)18(20)16-11-9-15(10-12-16)14-21-2/h3-12H,1,13-14H2,2H3. The van der Waals surface area contributed by atoms with Crippen LogP contribution in [0.1, 0.15) is 15.9 Å². The second kappa shape index (κ2) is 7.41. The monoisotopic (exact) mass is 281 g/mol. The van der Waals surface area contributed by atoms with E-state index in [2.05, 4.69) is 6.58 Å². The van der Waals surface area contributed by atoms with Gasteiger partial charge in [0.1, 0.15) is 0 Å². The summed E-state index contributed by atoms with van der Waals surface area (Å²) in [5.74, 6) is -0.0370. The molecule has 0 saturated carbocycles. The highest BCUT2D eigenvalue weighted by atomic mass is 16.5. The molecule has 0 unspecified atom stereocenters. The second-order valence-electron chi connectivity index (χ2n) is 4.67. The van der Waals surface area contributed by atoms with Crippen molar-refractivity contribution in [3.63, 3.8) is 0 Å². The van der Waals surface area contributed by atoms with Crippen LogP contribution < -0.4 is 4.90 Å². The molecule has 0 N–H and O–H groups in total. The lowest BCUT2D eigenvalue weighted by molar-refractivity contribution is 0.0989. The van der Waals surface area contributed by atoms with E-state index >= 15 is 0 Å². The predicted octanol–water partition coefficient (Wildman–Crippen LogP) is 3.67. The van der Waals surface area contributed by atoms with Crippen LogP contribution in [0.3, 0.4) is 0 Å². The van der Waals surface area contributed by atoms with E-state index in [9.17, 15) is 4.79 Å². The van der Waals surface area contributed by atoms with Crippen molar-refractivity contribution >= 4 is 11.6 Å². The van der Waals surface area contributed by atoms with Crippen molar-refractivity contribution < 1.29 is 9.53 Å². The smallest absolute Gasteiger partial charge is 0.258 e. The Bertz CT molecular complexity index is 590. The Balaban J connectivity index is 2.24. The Hall–Kier alpha value is -2.39. The number of hydrogen-bond acceptors (Lipinski definition) is 2. The van der Waals surface area contributed by atoms with Crippen LogP contribution in [-0.2, 0) is 11.3 Å². The van der Waals surface area contributed by atoms with Crippen LogP contribution in [0.2, 0.25) is 0 Å². The Kier molecular flexibility index (Phi) is 5.29. The van der Waals surface area contributed by atoms with Gasteiger partial charge in [-0.3, -0.25) is 4.79 Å². The maximum atomic E-state index is 12.7. The fourth-order valence-corrected chi connectivity index (χ4v) is 2.11. The lowest BCUT2D eigenvalue weighted by Gasteiger charge is -2.21. The minimum absolute atomic E-state index is 0.0370. The zero-order chi connectivity index (χ0) is 15.1. The van der Waals surface area contributed by atoms with Gasteiger partial charge in [-0.25, -0.2) is 0 Å². The molecule has 3 nitrogen and oxygen atoms in total. The lowest BCUT2D eigenvalue weighted by atomic mass is 10.1. The van der Waals surface area contributed by atoms with Gasteiger partial charge in [-0.05, 0) is 29.8 Å². The molecule has 0 radical (unpaired) electrons. The summed E-state index contributed by atoms with van der Waals surface area (Å²) in [5.41, 5.74) is 2.56. The molecular weight excluding hydrogens is 262 g/mol. The molecule has 0 atom stereocenters. The number of methoxy groups -OCH3 is 1. The molecular formula is C18H19NO2. The Morgan fingerprint density at radius 1 is 1.14 bits per heavy atom. The zero-order valence-corrected chi connectivity index (χ0v) is 12.2. The summed E-state index contributed by atoms with van der Waals surface area (Å²) in [6, 6.07) is 17.1. The molecule has 0 saturated heterocycles. The number of hydrogen-bond donors (Lipinski definition) is 0. The minimum atomic E-state index is -0.0370. The molecule has 0 heterocycles.